The van der Waals surface area contributed by atoms with Gasteiger partial charge in [0.05, 0.1) is 36.3 Å². The Morgan fingerprint density at radius 2 is 2.15 bits per heavy atom. The molecule has 11 heteroatoms. The Labute approximate surface area is 199 Å². The number of nitrogens with zero attached hydrogens (tertiary/aromatic N) is 3. The number of benzene rings is 1. The highest BCUT2D eigenvalue weighted by Crippen LogP contribution is 2.39. The first-order chi connectivity index (χ1) is 17.7. The first kappa shape index (κ1) is 18.4. The van der Waals surface area contributed by atoms with E-state index < -0.39 is 12.9 Å². The Bertz CT molecular complexity index is 1330. The topological polar surface area (TPSA) is 143 Å². The zero-order chi connectivity index (χ0) is 26.2. The lowest BCUT2D eigenvalue weighted by Gasteiger charge is -2.16. The molecule has 2 aliphatic rings. The molecule has 0 atom stereocenters. The first-order valence-electron chi connectivity index (χ1n) is 12.4. The minimum atomic E-state index is -2.73. The third-order valence-electron chi connectivity index (χ3n) is 5.64. The average Bonchev–Trinajstić information content (AvgIpc) is 3.61. The number of para-hydroxylation sites is 1. The van der Waals surface area contributed by atoms with Crippen molar-refractivity contribution in [1.29, 1.82) is 0 Å². The number of anilines is 3. The fourth-order valence-electron chi connectivity index (χ4n) is 3.76. The van der Waals surface area contributed by atoms with Crippen molar-refractivity contribution in [2.24, 2.45) is 5.92 Å². The van der Waals surface area contributed by atoms with Gasteiger partial charge in [-0.1, -0.05) is 6.07 Å². The van der Waals surface area contributed by atoms with Gasteiger partial charge in [0.2, 0.25) is 11.8 Å². The van der Waals surface area contributed by atoms with Crippen molar-refractivity contribution < 1.29 is 22.9 Å². The molecule has 0 spiro atoms. The number of rotatable bonds is 7. The van der Waals surface area contributed by atoms with Crippen LogP contribution in [0.2, 0.25) is 0 Å². The van der Waals surface area contributed by atoms with Crippen LogP contribution in [0.25, 0.3) is 11.5 Å². The van der Waals surface area contributed by atoms with Crippen LogP contribution in [0.4, 0.5) is 17.2 Å². The van der Waals surface area contributed by atoms with Crippen LogP contribution in [0, 0.1) is 5.92 Å². The summed E-state index contributed by atoms with van der Waals surface area (Å²) < 4.78 is 33.8. The highest BCUT2D eigenvalue weighted by Gasteiger charge is 2.30. The Hall–Kier alpha value is -3.99. The number of fused-ring (bicyclic) bond motifs is 1. The third-order valence-corrected chi connectivity index (χ3v) is 5.64. The van der Waals surface area contributed by atoms with E-state index in [0.717, 1.165) is 37.3 Å². The maximum absolute atomic E-state index is 12.7. The molecule has 11 nitrogen and oxygen atoms in total. The van der Waals surface area contributed by atoms with Crippen molar-refractivity contribution in [2.45, 2.75) is 25.8 Å². The zero-order valence-corrected chi connectivity index (χ0v) is 18.4. The van der Waals surface area contributed by atoms with Gasteiger partial charge in [0.25, 0.3) is 5.91 Å². The second-order valence-corrected chi connectivity index (χ2v) is 8.04. The molecule has 4 N–H and O–H groups in total. The van der Waals surface area contributed by atoms with Gasteiger partial charge < -0.3 is 30.4 Å². The maximum atomic E-state index is 12.7. The van der Waals surface area contributed by atoms with Crippen LogP contribution in [0.1, 0.15) is 38.9 Å². The van der Waals surface area contributed by atoms with Crippen LogP contribution in [-0.2, 0) is 17.8 Å². The number of nitrogens with one attached hydrogen (secondary N) is 4. The van der Waals surface area contributed by atoms with E-state index in [1.807, 2.05) is 5.32 Å². The van der Waals surface area contributed by atoms with E-state index in [0.29, 0.717) is 29.4 Å². The summed E-state index contributed by atoms with van der Waals surface area (Å²) in [7, 11) is 1.49. The first-order valence-corrected chi connectivity index (χ1v) is 10.9. The van der Waals surface area contributed by atoms with Gasteiger partial charge in [-0.15, -0.1) is 10.2 Å². The molecule has 1 aliphatic carbocycles. The molecule has 1 fully saturated rings. The second kappa shape index (κ2) is 9.10. The Morgan fingerprint density at radius 3 is 2.91 bits per heavy atom. The van der Waals surface area contributed by atoms with Crippen molar-refractivity contribution in [3.63, 3.8) is 0 Å². The molecule has 3 heterocycles. The quantitative estimate of drug-likeness (QED) is 0.412. The lowest BCUT2D eigenvalue weighted by molar-refractivity contribution is -0.117. The summed E-state index contributed by atoms with van der Waals surface area (Å²) in [5, 5.41) is 18.7. The maximum Gasteiger partial charge on any atom is 0.273 e. The molecule has 0 bridgehead atoms. The molecule has 34 heavy (non-hydrogen) atoms. The molecule has 1 aliphatic heterocycles. The molecule has 1 aromatic carbocycles. The number of oxazole rings is 1. The summed E-state index contributed by atoms with van der Waals surface area (Å²) in [6, 6.07) is 6.68. The molecule has 3 aromatic rings. The van der Waals surface area contributed by atoms with Crippen LogP contribution in [0.5, 0.6) is 5.75 Å². The van der Waals surface area contributed by atoms with Gasteiger partial charge in [-0.05, 0) is 25.0 Å². The van der Waals surface area contributed by atoms with Crippen molar-refractivity contribution in [2.75, 3.05) is 31.3 Å². The molecular formula is C23H25N7O4. The smallest absolute Gasteiger partial charge is 0.273 e. The van der Waals surface area contributed by atoms with Crippen molar-refractivity contribution in [3.05, 3.63) is 41.4 Å². The number of carbonyl (C=O) groups is 2. The van der Waals surface area contributed by atoms with Gasteiger partial charge in [0.15, 0.2) is 17.3 Å². The van der Waals surface area contributed by atoms with Crippen LogP contribution in [-0.4, -0.2) is 47.6 Å². The number of ether oxygens (including phenoxy) is 1. The largest absolute Gasteiger partial charge is 0.494 e. The molecule has 5 rings (SSSR count). The van der Waals surface area contributed by atoms with E-state index in [9.17, 15) is 9.59 Å². The number of hydrogen-bond donors (Lipinski definition) is 4. The molecule has 2 aromatic heterocycles. The minimum Gasteiger partial charge on any atom is -0.494 e. The van der Waals surface area contributed by atoms with Gasteiger partial charge >= 0.3 is 0 Å². The number of methoxy groups -OCH3 is 1. The van der Waals surface area contributed by atoms with Crippen molar-refractivity contribution >= 4 is 29.0 Å². The number of carbonyl (C=O) groups excluding carboxylic acids is 2. The molecule has 0 unspecified atom stereocenters. The highest BCUT2D eigenvalue weighted by molar-refractivity contribution is 6.00. The predicted molar refractivity (Wildman–Crippen MR) is 124 cm³/mol. The third kappa shape index (κ3) is 4.29. The Morgan fingerprint density at radius 1 is 1.26 bits per heavy atom. The predicted octanol–water partition coefficient (Wildman–Crippen LogP) is 2.24. The molecule has 2 amide bonds. The standard InChI is InChI=1S/C23H25N7O4/c1-24-22(32)19-16(10-18(29-30-19)28-21(31)12-6-7-12)26-15-5-3-4-13(20(15)33-2)23-27-14-8-9-25-11-17(14)34-23/h3-5,10,12,25H,6-9,11H2,1-2H3,(H,24,32)(H2,26,28,29,31)/i1D3. The van der Waals surface area contributed by atoms with Gasteiger partial charge in [0, 0.05) is 36.0 Å². The Kier molecular flexibility index (Phi) is 4.94. The monoisotopic (exact) mass is 466 g/mol. The number of amides is 2. The van der Waals surface area contributed by atoms with E-state index >= 15 is 0 Å². The molecule has 176 valence electrons. The normalized spacial score (nSPS) is 16.4. The lowest BCUT2D eigenvalue weighted by atomic mass is 10.1. The number of hydrogen-bond acceptors (Lipinski definition) is 9. The molecule has 0 saturated heterocycles. The van der Waals surface area contributed by atoms with Gasteiger partial charge in [-0.25, -0.2) is 4.98 Å². The van der Waals surface area contributed by atoms with E-state index in [1.165, 1.54) is 13.2 Å². The van der Waals surface area contributed by atoms with E-state index in [2.05, 4.69) is 31.1 Å². The fraction of sp³-hybridized carbons (Fsp3) is 0.348. The fourth-order valence-corrected chi connectivity index (χ4v) is 3.76. The number of aromatic nitrogens is 3. The molecule has 0 radical (unpaired) electrons. The van der Waals surface area contributed by atoms with Crippen molar-refractivity contribution in [1.82, 2.24) is 25.8 Å². The SMILES string of the molecule is [2H]C([2H])([2H])NC(=O)c1nnc(NC(=O)C2CC2)cc1Nc1cccc(-c2nc3c(o2)CNCC3)c1OC. The lowest BCUT2D eigenvalue weighted by Crippen LogP contribution is -2.22. The summed E-state index contributed by atoms with van der Waals surface area (Å²) in [5.74, 6) is 0.430. The summed E-state index contributed by atoms with van der Waals surface area (Å²) >= 11 is 0. The summed E-state index contributed by atoms with van der Waals surface area (Å²) in [4.78, 5) is 29.6. The van der Waals surface area contributed by atoms with Gasteiger partial charge in [0.1, 0.15) is 5.76 Å². The minimum absolute atomic E-state index is 0.0738. The summed E-state index contributed by atoms with van der Waals surface area (Å²) in [6.07, 6.45) is 2.35. The van der Waals surface area contributed by atoms with Crippen LogP contribution < -0.4 is 26.0 Å². The Balaban J connectivity index is 1.51. The van der Waals surface area contributed by atoms with Gasteiger partial charge in [-0.3, -0.25) is 9.59 Å². The van der Waals surface area contributed by atoms with Crippen LogP contribution in [0.15, 0.2) is 28.7 Å². The average molecular weight is 467 g/mol. The van der Waals surface area contributed by atoms with E-state index in [1.54, 1.807) is 18.2 Å². The van der Waals surface area contributed by atoms with Gasteiger partial charge in [-0.2, -0.15) is 0 Å². The van der Waals surface area contributed by atoms with E-state index in [4.69, 9.17) is 13.3 Å². The van der Waals surface area contributed by atoms with E-state index in [-0.39, 0.29) is 29.0 Å². The second-order valence-electron chi connectivity index (χ2n) is 8.04. The van der Waals surface area contributed by atoms with Crippen LogP contribution in [0.3, 0.4) is 0 Å². The summed E-state index contributed by atoms with van der Waals surface area (Å²) in [6.45, 7) is -1.33. The summed E-state index contributed by atoms with van der Waals surface area (Å²) in [5.41, 5.74) is 1.75. The molecular weight excluding hydrogens is 438 g/mol. The van der Waals surface area contributed by atoms with Crippen molar-refractivity contribution in [3.8, 4) is 17.2 Å². The van der Waals surface area contributed by atoms with Crippen LogP contribution >= 0.6 is 0 Å². The molecule has 1 saturated carbocycles. The zero-order valence-electron chi connectivity index (χ0n) is 21.4. The highest BCUT2D eigenvalue weighted by atomic mass is 16.5.